The van der Waals surface area contributed by atoms with Crippen LogP contribution in [0, 0.1) is 5.82 Å². The molecule has 3 N–H and O–H groups in total. The van der Waals surface area contributed by atoms with Gasteiger partial charge in [0.05, 0.1) is 23.3 Å². The summed E-state index contributed by atoms with van der Waals surface area (Å²) in [5, 5.41) is 18.7. The summed E-state index contributed by atoms with van der Waals surface area (Å²) < 4.78 is 23.3. The molecule has 4 aromatic rings. The fourth-order valence-corrected chi connectivity index (χ4v) is 8.19. The molecule has 256 valence electrons. The number of ether oxygens (including phenoxy) is 1. The van der Waals surface area contributed by atoms with Gasteiger partial charge in [0.2, 0.25) is 0 Å². The van der Waals surface area contributed by atoms with Crippen molar-refractivity contribution in [2.45, 2.75) is 101 Å². The van der Waals surface area contributed by atoms with Gasteiger partial charge in [-0.25, -0.2) is 4.39 Å². The third kappa shape index (κ3) is 6.69. The maximum Gasteiger partial charge on any atom is 0.259 e. The zero-order valence-corrected chi connectivity index (χ0v) is 28.4. The van der Waals surface area contributed by atoms with Gasteiger partial charge in [-0.15, -0.1) is 0 Å². The van der Waals surface area contributed by atoms with Crippen molar-refractivity contribution in [1.29, 1.82) is 0 Å². The molecule has 7 rings (SSSR count). The number of halogens is 1. The summed E-state index contributed by atoms with van der Waals surface area (Å²) in [5.74, 6) is 0.0182. The van der Waals surface area contributed by atoms with Crippen molar-refractivity contribution in [2.24, 2.45) is 0 Å². The van der Waals surface area contributed by atoms with Gasteiger partial charge < -0.3 is 25.0 Å². The largest absolute Gasteiger partial charge is 0.487 e. The first kappa shape index (κ1) is 33.2. The molecule has 1 aromatic heterocycles. The van der Waals surface area contributed by atoms with E-state index in [0.717, 1.165) is 55.4 Å². The van der Waals surface area contributed by atoms with Gasteiger partial charge in [0.25, 0.3) is 11.5 Å². The average molecular weight is 664 g/mol. The zero-order chi connectivity index (χ0) is 34.1. The van der Waals surface area contributed by atoms with Crippen molar-refractivity contribution < 1.29 is 19.0 Å². The van der Waals surface area contributed by atoms with Crippen LogP contribution in [0.1, 0.15) is 97.2 Å². The molecule has 1 saturated carbocycles. The number of carbonyl (C=O) groups excluding carboxylic acids is 1. The molecule has 49 heavy (non-hydrogen) atoms. The molecule has 1 fully saturated rings. The van der Waals surface area contributed by atoms with Gasteiger partial charge in [0.15, 0.2) is 0 Å². The summed E-state index contributed by atoms with van der Waals surface area (Å²) in [6.45, 7) is 4.36. The minimum absolute atomic E-state index is 0.00478. The number of nitrogens with zero attached hydrogens (tertiary/aromatic N) is 1. The number of fused-ring (bicyclic) bond motifs is 2. The number of aromatic nitrogens is 1. The Bertz CT molecular complexity index is 1880. The number of carbonyl (C=O) groups is 1. The standard InChI is InChI=1S/C41H46FN3O4/c1-3-27-16-18-38-31(21-27)35(24-41(49-38)19-9-10-20-41)43-25-37(46)34(22-28-11-5-4-6-12-28)44-39(47)32-23-30(29-13-7-8-14-33(29)42)40(48)45-26(2)15-17-36(32)45/h4-8,11-14,16,18,21,23,26,34-35,37,43,46H,3,9-10,15,17,19-20,22,24-25H2,1-2H3,(H,44,47)/t26?,34-,35-,37+/m0/s1. The Hall–Kier alpha value is -4.27. The van der Waals surface area contributed by atoms with E-state index in [4.69, 9.17) is 4.74 Å². The van der Waals surface area contributed by atoms with Crippen molar-refractivity contribution in [3.8, 4) is 16.9 Å². The fraction of sp³-hybridized carbons (Fsp3) is 0.415. The van der Waals surface area contributed by atoms with Crippen LogP contribution in [-0.2, 0) is 19.3 Å². The first-order chi connectivity index (χ1) is 23.7. The Morgan fingerprint density at radius 2 is 1.78 bits per heavy atom. The summed E-state index contributed by atoms with van der Waals surface area (Å²) >= 11 is 0. The second kappa shape index (κ2) is 13.9. The Labute approximate surface area is 287 Å². The molecule has 1 spiro atoms. The molecule has 1 unspecified atom stereocenters. The normalized spacial score (nSPS) is 20.3. The molecular formula is C41H46FN3O4. The van der Waals surface area contributed by atoms with Crippen molar-refractivity contribution in [2.75, 3.05) is 6.54 Å². The third-order valence-corrected chi connectivity index (χ3v) is 10.9. The van der Waals surface area contributed by atoms with Crippen LogP contribution in [-0.4, -0.2) is 39.9 Å². The summed E-state index contributed by atoms with van der Waals surface area (Å²) in [5.41, 5.74) is 4.17. The number of pyridine rings is 1. The maximum absolute atomic E-state index is 15.0. The maximum atomic E-state index is 15.0. The van der Waals surface area contributed by atoms with Gasteiger partial charge in [-0.3, -0.25) is 9.59 Å². The number of hydrogen-bond acceptors (Lipinski definition) is 5. The van der Waals surface area contributed by atoms with E-state index in [9.17, 15) is 19.1 Å². The molecule has 1 amide bonds. The minimum atomic E-state index is -0.922. The van der Waals surface area contributed by atoms with Gasteiger partial charge in [-0.1, -0.05) is 67.6 Å². The zero-order valence-electron chi connectivity index (χ0n) is 28.4. The first-order valence-corrected chi connectivity index (χ1v) is 17.9. The van der Waals surface area contributed by atoms with Crippen LogP contribution in [0.5, 0.6) is 5.75 Å². The number of aliphatic hydroxyl groups is 1. The fourth-order valence-electron chi connectivity index (χ4n) is 8.19. The molecule has 0 bridgehead atoms. The van der Waals surface area contributed by atoms with E-state index in [1.807, 2.05) is 37.3 Å². The molecule has 0 radical (unpaired) electrons. The van der Waals surface area contributed by atoms with Crippen LogP contribution in [0.25, 0.3) is 11.1 Å². The molecular weight excluding hydrogens is 617 g/mol. The van der Waals surface area contributed by atoms with E-state index >= 15 is 0 Å². The SMILES string of the molecule is CCc1ccc2c(c1)[C@@H](NC[C@@H](O)[C@H](Cc1ccccc1)NC(=O)c1cc(-c3ccccc3F)c(=O)n3c1CCC3C)CC1(CCCC1)O2. The number of nitrogens with one attached hydrogen (secondary N) is 2. The number of rotatable bonds is 10. The lowest BCUT2D eigenvalue weighted by atomic mass is 9.85. The van der Waals surface area contributed by atoms with Gasteiger partial charge in [0.1, 0.15) is 17.2 Å². The number of amides is 1. The Kier molecular flexibility index (Phi) is 9.44. The highest BCUT2D eigenvalue weighted by atomic mass is 19.1. The lowest BCUT2D eigenvalue weighted by Gasteiger charge is -2.41. The quantitative estimate of drug-likeness (QED) is 0.173. The number of benzene rings is 3. The highest BCUT2D eigenvalue weighted by Crippen LogP contribution is 2.47. The molecule has 3 heterocycles. The molecule has 3 aromatic carbocycles. The van der Waals surface area contributed by atoms with E-state index in [0.29, 0.717) is 30.5 Å². The van der Waals surface area contributed by atoms with Crippen LogP contribution in [0.4, 0.5) is 4.39 Å². The first-order valence-electron chi connectivity index (χ1n) is 17.9. The smallest absolute Gasteiger partial charge is 0.259 e. The van der Waals surface area contributed by atoms with Crippen LogP contribution < -0.4 is 20.9 Å². The lowest BCUT2D eigenvalue weighted by Crippen LogP contribution is -2.50. The van der Waals surface area contributed by atoms with Crippen LogP contribution in [0.15, 0.2) is 83.7 Å². The highest BCUT2D eigenvalue weighted by Gasteiger charge is 2.43. The molecule has 8 heteroatoms. The van der Waals surface area contributed by atoms with Crippen molar-refractivity contribution >= 4 is 5.91 Å². The summed E-state index contributed by atoms with van der Waals surface area (Å²) in [4.78, 5) is 27.9. The molecule has 0 saturated heterocycles. The van der Waals surface area contributed by atoms with Gasteiger partial charge in [0, 0.05) is 41.9 Å². The lowest BCUT2D eigenvalue weighted by molar-refractivity contribution is 0.0326. The van der Waals surface area contributed by atoms with Gasteiger partial charge in [-0.2, -0.15) is 0 Å². The van der Waals surface area contributed by atoms with Crippen LogP contribution in [0.2, 0.25) is 0 Å². The van der Waals surface area contributed by atoms with E-state index in [2.05, 4.69) is 35.8 Å². The van der Waals surface area contributed by atoms with Gasteiger partial charge >= 0.3 is 0 Å². The predicted molar refractivity (Wildman–Crippen MR) is 190 cm³/mol. The molecule has 3 aliphatic rings. The Balaban J connectivity index is 1.18. The number of hydrogen-bond donors (Lipinski definition) is 3. The Morgan fingerprint density at radius 1 is 1.02 bits per heavy atom. The predicted octanol–water partition coefficient (Wildman–Crippen LogP) is 6.85. The van der Waals surface area contributed by atoms with Crippen molar-refractivity contribution in [3.63, 3.8) is 0 Å². The second-order valence-corrected chi connectivity index (χ2v) is 14.2. The highest BCUT2D eigenvalue weighted by molar-refractivity contribution is 5.97. The van der Waals surface area contributed by atoms with Crippen molar-refractivity contribution in [1.82, 2.24) is 15.2 Å². The van der Waals surface area contributed by atoms with Crippen LogP contribution >= 0.6 is 0 Å². The summed E-state index contributed by atoms with van der Waals surface area (Å²) in [6, 6.07) is 23.2. The van der Waals surface area contributed by atoms with Gasteiger partial charge in [-0.05, 0) is 87.6 Å². The average Bonchev–Trinajstić information content (AvgIpc) is 3.73. The number of aliphatic hydroxyl groups excluding tert-OH is 1. The third-order valence-electron chi connectivity index (χ3n) is 10.9. The second-order valence-electron chi connectivity index (χ2n) is 14.2. The molecule has 1 aliphatic carbocycles. The minimum Gasteiger partial charge on any atom is -0.487 e. The summed E-state index contributed by atoms with van der Waals surface area (Å²) in [6.07, 6.45) is 6.86. The van der Waals surface area contributed by atoms with Crippen LogP contribution in [0.3, 0.4) is 0 Å². The van der Waals surface area contributed by atoms with E-state index < -0.39 is 18.0 Å². The molecule has 7 nitrogen and oxygen atoms in total. The van der Waals surface area contributed by atoms with Crippen molar-refractivity contribution in [3.05, 3.63) is 123 Å². The summed E-state index contributed by atoms with van der Waals surface area (Å²) in [7, 11) is 0. The Morgan fingerprint density at radius 3 is 2.53 bits per heavy atom. The topological polar surface area (TPSA) is 92.6 Å². The number of aryl methyl sites for hydroxylation is 1. The monoisotopic (exact) mass is 663 g/mol. The molecule has 2 aliphatic heterocycles. The van der Waals surface area contributed by atoms with E-state index in [1.165, 1.54) is 17.7 Å². The van der Waals surface area contributed by atoms with E-state index in [-0.39, 0.29) is 46.8 Å². The van der Waals surface area contributed by atoms with E-state index in [1.54, 1.807) is 22.8 Å². The molecule has 4 atom stereocenters.